The minimum atomic E-state index is -0.707. The molecule has 1 N–H and O–H groups in total. The van der Waals surface area contributed by atoms with E-state index in [1.165, 1.54) is 51.4 Å². The highest BCUT2D eigenvalue weighted by atomic mass is 35.5. The van der Waals surface area contributed by atoms with E-state index in [2.05, 4.69) is 5.32 Å². The number of ether oxygens (including phenoxy) is 1. The molecule has 0 bridgehead atoms. The fourth-order valence-electron chi connectivity index (χ4n) is 7.10. The molecule has 1 aliphatic heterocycles. The first-order valence-electron chi connectivity index (χ1n) is 16.6. The summed E-state index contributed by atoms with van der Waals surface area (Å²) in [5.41, 5.74) is 1.88. The van der Waals surface area contributed by atoms with E-state index in [0.717, 1.165) is 35.3 Å². The minimum Gasteiger partial charge on any atom is -0.409 e. The van der Waals surface area contributed by atoms with Crippen molar-refractivity contribution < 1.29 is 19.1 Å². The normalized spacial score (nSPS) is 20.8. The van der Waals surface area contributed by atoms with E-state index in [1.54, 1.807) is 27.2 Å². The van der Waals surface area contributed by atoms with Crippen LogP contribution >= 0.6 is 22.9 Å². The van der Waals surface area contributed by atoms with Gasteiger partial charge in [-0.3, -0.25) is 9.59 Å². The van der Waals surface area contributed by atoms with E-state index in [1.807, 2.05) is 37.4 Å². The third-order valence-electron chi connectivity index (χ3n) is 9.94. The molecule has 5 rings (SSSR count). The van der Waals surface area contributed by atoms with Crippen LogP contribution < -0.4 is 10.1 Å². The number of halogens is 1. The number of rotatable bonds is 10. The average molecular weight is 642 g/mol. The van der Waals surface area contributed by atoms with Crippen molar-refractivity contribution in [2.24, 2.45) is 5.92 Å². The summed E-state index contributed by atoms with van der Waals surface area (Å²) in [5.74, 6) is 0.840. The highest BCUT2D eigenvalue weighted by Crippen LogP contribution is 2.32. The number of nitrogens with one attached hydrogen (secondary N) is 1. The van der Waals surface area contributed by atoms with Crippen molar-refractivity contribution in [3.63, 3.8) is 0 Å². The molecule has 7 nitrogen and oxygen atoms in total. The molecule has 1 aromatic heterocycles. The zero-order chi connectivity index (χ0) is 31.1. The van der Waals surface area contributed by atoms with Crippen molar-refractivity contribution in [1.29, 1.82) is 0 Å². The molecule has 0 spiro atoms. The first kappa shape index (κ1) is 33.0. The first-order chi connectivity index (χ1) is 21.3. The zero-order valence-corrected chi connectivity index (χ0v) is 27.9. The van der Waals surface area contributed by atoms with Gasteiger partial charge in [-0.05, 0) is 74.1 Å². The molecular formula is C35H48ClN3O4S. The van der Waals surface area contributed by atoms with Gasteiger partial charge in [0.15, 0.2) is 11.5 Å². The van der Waals surface area contributed by atoms with Crippen LogP contribution in [0.15, 0.2) is 29.6 Å². The number of carbonyl (C=O) groups excluding carboxylic acids is 3. The second-order valence-corrected chi connectivity index (χ2v) is 14.4. The predicted octanol–water partition coefficient (Wildman–Crippen LogP) is 7.49. The van der Waals surface area contributed by atoms with Gasteiger partial charge in [-0.2, -0.15) is 0 Å². The molecule has 240 valence electrons. The number of nitrogens with zero attached hydrogens (tertiary/aromatic N) is 2. The lowest BCUT2D eigenvalue weighted by Gasteiger charge is -2.42. The van der Waals surface area contributed by atoms with E-state index in [4.69, 9.17) is 16.3 Å². The van der Waals surface area contributed by atoms with Gasteiger partial charge in [-0.25, -0.2) is 4.79 Å². The SMILES string of the molecule is Cc1ccc(OC(=O)N2CCN(C(=O)[C@@H](CC3CCCCC3)NC3CCCCC3)[C@H](C(=O)CCc3cccs3)C2)c(Cl)c1C. The number of ketones is 1. The Bertz CT molecular complexity index is 1250. The number of Topliss-reactive ketones (excluding diaryl/α,β-unsaturated/α-hetero) is 1. The quantitative estimate of drug-likeness (QED) is 0.291. The summed E-state index contributed by atoms with van der Waals surface area (Å²) in [7, 11) is 0. The number of aryl methyl sites for hydroxylation is 2. The van der Waals surface area contributed by atoms with Crippen LogP contribution in [0.4, 0.5) is 4.79 Å². The minimum absolute atomic E-state index is 0.0115. The summed E-state index contributed by atoms with van der Waals surface area (Å²) in [5, 5.41) is 6.20. The Labute approximate surface area is 271 Å². The Hall–Kier alpha value is -2.42. The molecule has 3 aliphatic rings. The van der Waals surface area contributed by atoms with Crippen LogP contribution in [0.5, 0.6) is 5.75 Å². The Morgan fingerprint density at radius 1 is 1.00 bits per heavy atom. The third kappa shape index (κ3) is 8.43. The monoisotopic (exact) mass is 641 g/mol. The molecule has 0 unspecified atom stereocenters. The molecule has 0 radical (unpaired) electrons. The smallest absolute Gasteiger partial charge is 0.409 e. The average Bonchev–Trinajstić information content (AvgIpc) is 3.58. The number of amides is 2. The highest BCUT2D eigenvalue weighted by molar-refractivity contribution is 7.09. The van der Waals surface area contributed by atoms with Crippen LogP contribution in [-0.4, -0.2) is 65.3 Å². The van der Waals surface area contributed by atoms with E-state index < -0.39 is 12.1 Å². The molecule has 2 heterocycles. The lowest BCUT2D eigenvalue weighted by atomic mass is 9.83. The van der Waals surface area contributed by atoms with Gasteiger partial charge in [0, 0.05) is 30.4 Å². The van der Waals surface area contributed by atoms with E-state index in [9.17, 15) is 14.4 Å². The Morgan fingerprint density at radius 3 is 2.43 bits per heavy atom. The number of carbonyl (C=O) groups is 3. The van der Waals surface area contributed by atoms with E-state index >= 15 is 0 Å². The molecule has 2 aliphatic carbocycles. The largest absolute Gasteiger partial charge is 0.415 e. The second-order valence-electron chi connectivity index (χ2n) is 13.0. The number of thiophene rings is 1. The molecule has 44 heavy (non-hydrogen) atoms. The standard InChI is InChI=1S/C35H48ClN3O4S/c1-24-15-18-32(33(36)25(24)2)43-35(42)38-19-20-39(30(23-38)31(40)17-16-28-14-9-21-44-28)34(41)29(22-26-10-5-3-6-11-26)37-27-12-7-4-8-13-27/h9,14-15,18,21,26-27,29-30,37H,3-8,10-13,16-17,19-20,22-23H2,1-2H3/t29-,30+/m1/s1. The maximum atomic E-state index is 14.4. The van der Waals surface area contributed by atoms with Crippen molar-refractivity contribution in [3.05, 3.63) is 50.7 Å². The number of hydrogen-bond donors (Lipinski definition) is 1. The molecule has 2 saturated carbocycles. The fraction of sp³-hybridized carbons (Fsp3) is 0.629. The second kappa shape index (κ2) is 15.7. The molecule has 1 saturated heterocycles. The van der Waals surface area contributed by atoms with Crippen molar-refractivity contribution in [2.75, 3.05) is 19.6 Å². The van der Waals surface area contributed by atoms with Gasteiger partial charge in [0.25, 0.3) is 0 Å². The summed E-state index contributed by atoms with van der Waals surface area (Å²) in [6.07, 6.45) is 13.1. The van der Waals surface area contributed by atoms with Crippen molar-refractivity contribution in [1.82, 2.24) is 15.1 Å². The van der Waals surface area contributed by atoms with E-state index in [0.29, 0.717) is 48.7 Å². The molecule has 2 amide bonds. The van der Waals surface area contributed by atoms with Gasteiger partial charge in [0.1, 0.15) is 6.04 Å². The number of benzene rings is 1. The lowest BCUT2D eigenvalue weighted by molar-refractivity contribution is -0.145. The molecular weight excluding hydrogens is 594 g/mol. The fourth-order valence-corrected chi connectivity index (χ4v) is 8.06. The zero-order valence-electron chi connectivity index (χ0n) is 26.3. The topological polar surface area (TPSA) is 79.0 Å². The van der Waals surface area contributed by atoms with Gasteiger partial charge in [0.2, 0.25) is 5.91 Å². The predicted molar refractivity (Wildman–Crippen MR) is 177 cm³/mol. The Balaban J connectivity index is 1.33. The Morgan fingerprint density at radius 2 is 1.73 bits per heavy atom. The van der Waals surface area contributed by atoms with Crippen LogP contribution in [0.2, 0.25) is 5.02 Å². The van der Waals surface area contributed by atoms with Crippen LogP contribution in [0.1, 0.15) is 93.1 Å². The van der Waals surface area contributed by atoms with Gasteiger partial charge in [-0.15, -0.1) is 11.3 Å². The van der Waals surface area contributed by atoms with E-state index in [-0.39, 0.29) is 24.3 Å². The van der Waals surface area contributed by atoms with Crippen LogP contribution in [-0.2, 0) is 16.0 Å². The third-order valence-corrected chi connectivity index (χ3v) is 11.4. The molecule has 2 aromatic rings. The van der Waals surface area contributed by atoms with Crippen molar-refractivity contribution in [2.45, 2.75) is 115 Å². The van der Waals surface area contributed by atoms with Gasteiger partial charge in [-0.1, -0.05) is 75.1 Å². The summed E-state index contributed by atoms with van der Waals surface area (Å²) in [6.45, 7) is 4.58. The summed E-state index contributed by atoms with van der Waals surface area (Å²) in [6, 6.07) is 6.94. The Kier molecular flexibility index (Phi) is 11.8. The molecule has 3 fully saturated rings. The van der Waals surface area contributed by atoms with Gasteiger partial charge in [0.05, 0.1) is 17.6 Å². The number of hydrogen-bond acceptors (Lipinski definition) is 6. The maximum Gasteiger partial charge on any atom is 0.415 e. The van der Waals surface area contributed by atoms with Crippen LogP contribution in [0, 0.1) is 19.8 Å². The van der Waals surface area contributed by atoms with Crippen LogP contribution in [0.25, 0.3) is 0 Å². The molecule has 9 heteroatoms. The molecule has 2 atom stereocenters. The van der Waals surface area contributed by atoms with Crippen LogP contribution in [0.3, 0.4) is 0 Å². The van der Waals surface area contributed by atoms with Crippen molar-refractivity contribution >= 4 is 40.7 Å². The number of piperazine rings is 1. The lowest BCUT2D eigenvalue weighted by Crippen LogP contribution is -2.63. The molecule has 1 aromatic carbocycles. The van der Waals surface area contributed by atoms with Crippen molar-refractivity contribution in [3.8, 4) is 5.75 Å². The highest BCUT2D eigenvalue weighted by Gasteiger charge is 2.40. The maximum absolute atomic E-state index is 14.4. The first-order valence-corrected chi connectivity index (χ1v) is 17.9. The summed E-state index contributed by atoms with van der Waals surface area (Å²) >= 11 is 8.13. The summed E-state index contributed by atoms with van der Waals surface area (Å²) < 4.78 is 5.74. The van der Waals surface area contributed by atoms with Gasteiger partial charge >= 0.3 is 6.09 Å². The van der Waals surface area contributed by atoms with Gasteiger partial charge < -0.3 is 19.9 Å². The summed E-state index contributed by atoms with van der Waals surface area (Å²) in [4.78, 5) is 46.2.